The van der Waals surface area contributed by atoms with Gasteiger partial charge in [0.25, 0.3) is 0 Å². The van der Waals surface area contributed by atoms with Crippen LogP contribution in [0.15, 0.2) is 18.3 Å². The van der Waals surface area contributed by atoms with Crippen molar-refractivity contribution < 1.29 is 0 Å². The Bertz CT molecular complexity index is 314. The van der Waals surface area contributed by atoms with Crippen molar-refractivity contribution >= 4 is 5.82 Å². The molecule has 2 N–H and O–H groups in total. The predicted molar refractivity (Wildman–Crippen MR) is 67.6 cm³/mol. The fourth-order valence-electron chi connectivity index (χ4n) is 2.02. The molecule has 1 fully saturated rings. The van der Waals surface area contributed by atoms with Crippen molar-refractivity contribution in [1.82, 2.24) is 10.3 Å². The molecule has 0 aromatic carbocycles. The van der Waals surface area contributed by atoms with Crippen molar-refractivity contribution in [2.75, 3.05) is 11.9 Å². The maximum absolute atomic E-state index is 4.46. The highest BCUT2D eigenvalue weighted by atomic mass is 15.0. The zero-order valence-corrected chi connectivity index (χ0v) is 10.2. The van der Waals surface area contributed by atoms with Gasteiger partial charge in [0.05, 0.1) is 0 Å². The highest BCUT2D eigenvalue weighted by molar-refractivity contribution is 5.37. The van der Waals surface area contributed by atoms with Crippen molar-refractivity contribution in [2.24, 2.45) is 0 Å². The molecule has 3 heteroatoms. The van der Waals surface area contributed by atoms with Crippen LogP contribution in [0.2, 0.25) is 0 Å². The van der Waals surface area contributed by atoms with Gasteiger partial charge < -0.3 is 10.6 Å². The molecular weight excluding hydrogens is 198 g/mol. The number of hydrogen-bond donors (Lipinski definition) is 2. The minimum Gasteiger partial charge on any atom is -0.368 e. The summed E-state index contributed by atoms with van der Waals surface area (Å²) in [5.74, 6) is 0.982. The maximum atomic E-state index is 4.46. The fraction of sp³-hybridized carbons (Fsp3) is 0.615. The van der Waals surface area contributed by atoms with Gasteiger partial charge in [-0.1, -0.05) is 13.0 Å². The van der Waals surface area contributed by atoms with Gasteiger partial charge in [-0.15, -0.1) is 0 Å². The first kappa shape index (κ1) is 11.4. The van der Waals surface area contributed by atoms with Gasteiger partial charge in [0.15, 0.2) is 0 Å². The summed E-state index contributed by atoms with van der Waals surface area (Å²) < 4.78 is 0. The second kappa shape index (κ2) is 5.30. The molecule has 1 aromatic rings. The number of anilines is 1. The molecule has 2 heterocycles. The lowest BCUT2D eigenvalue weighted by molar-refractivity contribution is 0.645. The normalized spacial score (nSPS) is 22.0. The number of rotatable bonds is 4. The van der Waals surface area contributed by atoms with Crippen LogP contribution in [0.5, 0.6) is 0 Å². The Balaban J connectivity index is 1.98. The number of hydrogen-bond acceptors (Lipinski definition) is 3. The lowest BCUT2D eigenvalue weighted by Crippen LogP contribution is -2.16. The smallest absolute Gasteiger partial charge is 0.126 e. The van der Waals surface area contributed by atoms with Crippen LogP contribution in [0.3, 0.4) is 0 Å². The Kier molecular flexibility index (Phi) is 3.78. The summed E-state index contributed by atoms with van der Waals surface area (Å²) in [5.41, 5.74) is 1.31. The molecule has 1 saturated heterocycles. The van der Waals surface area contributed by atoms with E-state index < -0.39 is 0 Å². The minimum atomic E-state index is 0.489. The zero-order chi connectivity index (χ0) is 11.4. The first-order valence-electron chi connectivity index (χ1n) is 6.25. The van der Waals surface area contributed by atoms with Crippen molar-refractivity contribution in [3.63, 3.8) is 0 Å². The molecule has 0 spiro atoms. The van der Waals surface area contributed by atoms with Crippen molar-refractivity contribution in [1.29, 1.82) is 0 Å². The molecule has 2 rings (SSSR count). The fourth-order valence-corrected chi connectivity index (χ4v) is 2.02. The van der Waals surface area contributed by atoms with Crippen LogP contribution in [0.4, 0.5) is 5.82 Å². The molecule has 88 valence electrons. The number of aromatic nitrogens is 1. The van der Waals surface area contributed by atoms with Crippen LogP contribution in [-0.2, 0) is 0 Å². The topological polar surface area (TPSA) is 37.0 Å². The summed E-state index contributed by atoms with van der Waals surface area (Å²) >= 11 is 0. The summed E-state index contributed by atoms with van der Waals surface area (Å²) in [6.45, 7) is 5.49. The summed E-state index contributed by atoms with van der Waals surface area (Å²) in [4.78, 5) is 4.46. The van der Waals surface area contributed by atoms with Gasteiger partial charge >= 0.3 is 0 Å². The van der Waals surface area contributed by atoms with Gasteiger partial charge in [-0.3, -0.25) is 0 Å². The number of nitrogens with zero attached hydrogens (tertiary/aromatic N) is 1. The molecule has 1 aromatic heterocycles. The Morgan fingerprint density at radius 2 is 2.44 bits per heavy atom. The van der Waals surface area contributed by atoms with E-state index in [4.69, 9.17) is 0 Å². The van der Waals surface area contributed by atoms with Gasteiger partial charge in [-0.05, 0) is 44.4 Å². The van der Waals surface area contributed by atoms with Crippen molar-refractivity contribution in [3.8, 4) is 0 Å². The molecule has 16 heavy (non-hydrogen) atoms. The van der Waals surface area contributed by atoms with Crippen LogP contribution < -0.4 is 10.6 Å². The molecule has 1 aliphatic heterocycles. The molecule has 0 aliphatic carbocycles. The molecule has 3 nitrogen and oxygen atoms in total. The first-order valence-corrected chi connectivity index (χ1v) is 6.25. The lowest BCUT2D eigenvalue weighted by Gasteiger charge is -2.14. The maximum Gasteiger partial charge on any atom is 0.126 e. The average Bonchev–Trinajstić information content (AvgIpc) is 2.83. The molecule has 1 aliphatic rings. The second-order valence-corrected chi connectivity index (χ2v) is 4.58. The van der Waals surface area contributed by atoms with Gasteiger partial charge in [0, 0.05) is 18.3 Å². The third kappa shape index (κ3) is 2.73. The average molecular weight is 219 g/mol. The quantitative estimate of drug-likeness (QED) is 0.817. The number of nitrogens with one attached hydrogen (secondary N) is 2. The lowest BCUT2D eigenvalue weighted by atomic mass is 10.1. The van der Waals surface area contributed by atoms with Crippen molar-refractivity contribution in [3.05, 3.63) is 23.9 Å². The van der Waals surface area contributed by atoms with E-state index in [2.05, 4.69) is 41.6 Å². The predicted octanol–water partition coefficient (Wildman–Crippen LogP) is 2.72. The summed E-state index contributed by atoms with van der Waals surface area (Å²) in [6, 6.07) is 5.27. The summed E-state index contributed by atoms with van der Waals surface area (Å²) in [7, 11) is 0. The second-order valence-electron chi connectivity index (χ2n) is 4.58. The Labute approximate surface area is 97.7 Å². The SMILES string of the molecule is CC[C@H](C)Nc1ccc([C@@H]2CCCN2)cn1. The summed E-state index contributed by atoms with van der Waals surface area (Å²) in [6.07, 6.45) is 5.62. The molecule has 0 saturated carbocycles. The van der Waals surface area contributed by atoms with E-state index in [9.17, 15) is 0 Å². The Morgan fingerprint density at radius 1 is 1.56 bits per heavy atom. The molecule has 2 atom stereocenters. The molecule has 0 bridgehead atoms. The van der Waals surface area contributed by atoms with Gasteiger partial charge in [0.2, 0.25) is 0 Å². The zero-order valence-electron chi connectivity index (χ0n) is 10.2. The van der Waals surface area contributed by atoms with Crippen LogP contribution in [0, 0.1) is 0 Å². The minimum absolute atomic E-state index is 0.489. The summed E-state index contributed by atoms with van der Waals surface area (Å²) in [5, 5.41) is 6.86. The van der Waals surface area contributed by atoms with E-state index in [1.807, 2.05) is 6.20 Å². The van der Waals surface area contributed by atoms with Crippen LogP contribution >= 0.6 is 0 Å². The van der Waals surface area contributed by atoms with E-state index in [0.717, 1.165) is 18.8 Å². The number of pyridine rings is 1. The molecule has 0 unspecified atom stereocenters. The standard InChI is InChI=1S/C13H21N3/c1-3-10(2)16-13-7-6-11(9-15-13)12-5-4-8-14-12/h6-7,9-10,12,14H,3-5,8H2,1-2H3,(H,15,16)/t10-,12-/m0/s1. The monoisotopic (exact) mass is 219 g/mol. The third-order valence-corrected chi connectivity index (χ3v) is 3.26. The van der Waals surface area contributed by atoms with E-state index in [0.29, 0.717) is 12.1 Å². The largest absolute Gasteiger partial charge is 0.368 e. The van der Waals surface area contributed by atoms with Gasteiger partial charge in [-0.25, -0.2) is 4.98 Å². The van der Waals surface area contributed by atoms with E-state index in [1.54, 1.807) is 0 Å². The van der Waals surface area contributed by atoms with Gasteiger partial charge in [-0.2, -0.15) is 0 Å². The van der Waals surface area contributed by atoms with Crippen LogP contribution in [-0.4, -0.2) is 17.6 Å². The van der Waals surface area contributed by atoms with E-state index in [-0.39, 0.29) is 0 Å². The van der Waals surface area contributed by atoms with Crippen molar-refractivity contribution in [2.45, 2.75) is 45.2 Å². The third-order valence-electron chi connectivity index (χ3n) is 3.26. The Hall–Kier alpha value is -1.09. The van der Waals surface area contributed by atoms with Gasteiger partial charge in [0.1, 0.15) is 5.82 Å². The van der Waals surface area contributed by atoms with E-state index in [1.165, 1.54) is 18.4 Å². The first-order chi connectivity index (χ1) is 7.79. The van der Waals surface area contributed by atoms with E-state index >= 15 is 0 Å². The molecule has 0 amide bonds. The Morgan fingerprint density at radius 3 is 3.00 bits per heavy atom. The van der Waals surface area contributed by atoms with Crippen LogP contribution in [0.1, 0.15) is 44.7 Å². The molecular formula is C13H21N3. The molecule has 0 radical (unpaired) electrons. The highest BCUT2D eigenvalue weighted by Gasteiger charge is 2.16. The van der Waals surface area contributed by atoms with Crippen LogP contribution in [0.25, 0.3) is 0 Å². The highest BCUT2D eigenvalue weighted by Crippen LogP contribution is 2.22.